The van der Waals surface area contributed by atoms with Gasteiger partial charge in [0.05, 0.1) is 0 Å². The van der Waals surface area contributed by atoms with Crippen molar-refractivity contribution in [3.05, 3.63) is 22.4 Å². The van der Waals surface area contributed by atoms with E-state index in [1.165, 1.54) is 4.88 Å². The van der Waals surface area contributed by atoms with Crippen LogP contribution in [0, 0.1) is 6.07 Å². The normalized spacial score (nSPS) is 11.9. The van der Waals surface area contributed by atoms with E-state index in [1.807, 2.05) is 6.07 Å². The van der Waals surface area contributed by atoms with Crippen molar-refractivity contribution in [3.63, 3.8) is 0 Å². The van der Waals surface area contributed by atoms with Crippen LogP contribution in [0.25, 0.3) is 0 Å². The topological polar surface area (TPSA) is 0 Å². The molecule has 1 radical (unpaired) electrons. The molecule has 0 aliphatic carbocycles. The summed E-state index contributed by atoms with van der Waals surface area (Å²) in [4.78, 5) is 1.34. The van der Waals surface area contributed by atoms with E-state index < -0.39 is 0 Å². The summed E-state index contributed by atoms with van der Waals surface area (Å²) in [6.07, 6.45) is 0. The number of thiophene rings is 1. The molecule has 0 spiro atoms. The number of hydrogen-bond donors (Lipinski definition) is 0. The molecule has 0 saturated heterocycles. The van der Waals surface area contributed by atoms with Gasteiger partial charge in [-0.05, 0) is 22.9 Å². The summed E-state index contributed by atoms with van der Waals surface area (Å²) in [5.41, 5.74) is 0.286. The highest BCUT2D eigenvalue weighted by Crippen LogP contribution is 2.25. The summed E-state index contributed by atoms with van der Waals surface area (Å²) in [5, 5.41) is 2.07. The maximum atomic E-state index is 3.20. The van der Waals surface area contributed by atoms with Gasteiger partial charge in [0.2, 0.25) is 0 Å². The lowest BCUT2D eigenvalue weighted by atomic mass is 9.95. The molecule has 1 heteroatoms. The summed E-state index contributed by atoms with van der Waals surface area (Å²) in [6, 6.07) is 5.17. The maximum absolute atomic E-state index is 3.20. The Hall–Kier alpha value is -0.300. The second-order valence-corrected chi connectivity index (χ2v) is 4.06. The highest BCUT2D eigenvalue weighted by molar-refractivity contribution is 7.10. The Labute approximate surface area is 60.5 Å². The highest BCUT2D eigenvalue weighted by atomic mass is 32.1. The van der Waals surface area contributed by atoms with Crippen molar-refractivity contribution in [2.75, 3.05) is 0 Å². The number of rotatable bonds is 0. The van der Waals surface area contributed by atoms with Crippen LogP contribution in [0.3, 0.4) is 0 Å². The first kappa shape index (κ1) is 6.81. The van der Waals surface area contributed by atoms with E-state index in [0.29, 0.717) is 0 Å². The van der Waals surface area contributed by atoms with E-state index in [1.54, 1.807) is 11.3 Å². The molecule has 1 aromatic heterocycles. The SMILES string of the molecule is CC(C)(C)c1[c]ccs1. The summed E-state index contributed by atoms with van der Waals surface area (Å²) in [6.45, 7) is 6.61. The van der Waals surface area contributed by atoms with E-state index in [4.69, 9.17) is 0 Å². The highest BCUT2D eigenvalue weighted by Gasteiger charge is 2.13. The molecule has 0 N–H and O–H groups in total. The van der Waals surface area contributed by atoms with Crippen molar-refractivity contribution in [1.29, 1.82) is 0 Å². The van der Waals surface area contributed by atoms with Gasteiger partial charge in [0.1, 0.15) is 0 Å². The van der Waals surface area contributed by atoms with Crippen molar-refractivity contribution in [1.82, 2.24) is 0 Å². The van der Waals surface area contributed by atoms with Crippen molar-refractivity contribution in [2.24, 2.45) is 0 Å². The molecule has 0 aromatic carbocycles. The average Bonchev–Trinajstić information content (AvgIpc) is 2.08. The zero-order valence-electron chi connectivity index (χ0n) is 6.06. The molecule has 0 aliphatic rings. The third-order valence-electron chi connectivity index (χ3n) is 1.15. The first-order valence-corrected chi connectivity index (χ1v) is 3.94. The van der Waals surface area contributed by atoms with Crippen molar-refractivity contribution in [2.45, 2.75) is 26.2 Å². The predicted octanol–water partition coefficient (Wildman–Crippen LogP) is 2.85. The molecule has 9 heavy (non-hydrogen) atoms. The standard InChI is InChI=1S/C8H11S/c1-8(2,3)7-5-4-6-9-7/h4,6H,1-3H3. The Morgan fingerprint density at radius 2 is 2.11 bits per heavy atom. The van der Waals surface area contributed by atoms with Crippen molar-refractivity contribution < 1.29 is 0 Å². The third-order valence-corrected chi connectivity index (χ3v) is 2.39. The van der Waals surface area contributed by atoms with E-state index in [9.17, 15) is 0 Å². The Balaban J connectivity index is 2.90. The Morgan fingerprint density at radius 1 is 1.44 bits per heavy atom. The molecular weight excluding hydrogens is 128 g/mol. The van der Waals surface area contributed by atoms with Gasteiger partial charge in [-0.3, -0.25) is 0 Å². The maximum Gasteiger partial charge on any atom is 0.0177 e. The van der Waals surface area contributed by atoms with Gasteiger partial charge in [0.25, 0.3) is 0 Å². The molecular formula is C8H11S. The van der Waals surface area contributed by atoms with Gasteiger partial charge in [-0.15, -0.1) is 11.3 Å². The second kappa shape index (κ2) is 2.14. The van der Waals surface area contributed by atoms with Gasteiger partial charge in [-0.25, -0.2) is 0 Å². The summed E-state index contributed by atoms with van der Waals surface area (Å²) in [7, 11) is 0. The van der Waals surface area contributed by atoms with E-state index in [2.05, 4.69) is 32.2 Å². The number of hydrogen-bond acceptors (Lipinski definition) is 1. The molecule has 0 amide bonds. The van der Waals surface area contributed by atoms with Gasteiger partial charge in [-0.1, -0.05) is 20.8 Å². The van der Waals surface area contributed by atoms with Gasteiger partial charge in [0.15, 0.2) is 0 Å². The van der Waals surface area contributed by atoms with Gasteiger partial charge in [0, 0.05) is 4.88 Å². The van der Waals surface area contributed by atoms with Crippen molar-refractivity contribution >= 4 is 11.3 Å². The molecule has 1 heterocycles. The quantitative estimate of drug-likeness (QED) is 0.518. The van der Waals surface area contributed by atoms with Crippen LogP contribution in [-0.2, 0) is 5.41 Å². The summed E-state index contributed by atoms with van der Waals surface area (Å²) in [5.74, 6) is 0. The van der Waals surface area contributed by atoms with Crippen molar-refractivity contribution in [3.8, 4) is 0 Å². The molecule has 0 aliphatic heterocycles. The third kappa shape index (κ3) is 1.55. The minimum Gasteiger partial charge on any atom is -0.148 e. The van der Waals surface area contributed by atoms with Crippen LogP contribution in [-0.4, -0.2) is 0 Å². The molecule has 0 saturated carbocycles. The fourth-order valence-corrected chi connectivity index (χ4v) is 1.40. The Morgan fingerprint density at radius 3 is 2.33 bits per heavy atom. The van der Waals surface area contributed by atoms with Crippen LogP contribution in [0.15, 0.2) is 11.4 Å². The lowest BCUT2D eigenvalue weighted by Gasteiger charge is -2.14. The first-order chi connectivity index (χ1) is 4.11. The van der Waals surface area contributed by atoms with E-state index >= 15 is 0 Å². The second-order valence-electron chi connectivity index (χ2n) is 3.14. The van der Waals surface area contributed by atoms with Gasteiger partial charge in [-0.2, -0.15) is 0 Å². The van der Waals surface area contributed by atoms with E-state index in [-0.39, 0.29) is 5.41 Å². The molecule has 49 valence electrons. The zero-order chi connectivity index (χ0) is 6.91. The zero-order valence-corrected chi connectivity index (χ0v) is 6.88. The largest absolute Gasteiger partial charge is 0.148 e. The minimum atomic E-state index is 0.286. The molecule has 0 fully saturated rings. The summed E-state index contributed by atoms with van der Waals surface area (Å²) < 4.78 is 0. The molecule has 1 aromatic rings. The smallest absolute Gasteiger partial charge is 0.0177 e. The van der Waals surface area contributed by atoms with Gasteiger partial charge < -0.3 is 0 Å². The molecule has 0 atom stereocenters. The Bertz CT molecular complexity index is 167. The molecule has 0 nitrogen and oxygen atoms in total. The lowest BCUT2D eigenvalue weighted by Crippen LogP contribution is -2.07. The summed E-state index contributed by atoms with van der Waals surface area (Å²) >= 11 is 1.77. The average molecular weight is 139 g/mol. The molecule has 0 unspecified atom stereocenters. The monoisotopic (exact) mass is 139 g/mol. The fourth-order valence-electron chi connectivity index (χ4n) is 0.639. The van der Waals surface area contributed by atoms with Crippen LogP contribution in [0.4, 0.5) is 0 Å². The Kier molecular flexibility index (Phi) is 1.62. The van der Waals surface area contributed by atoms with E-state index in [0.717, 1.165) is 0 Å². The predicted molar refractivity (Wildman–Crippen MR) is 41.9 cm³/mol. The minimum absolute atomic E-state index is 0.286. The molecule has 0 bridgehead atoms. The van der Waals surface area contributed by atoms with Crippen LogP contribution in [0.5, 0.6) is 0 Å². The van der Waals surface area contributed by atoms with Gasteiger partial charge >= 0.3 is 0 Å². The fraction of sp³-hybridized carbons (Fsp3) is 0.500. The molecule has 1 rings (SSSR count). The first-order valence-electron chi connectivity index (χ1n) is 3.06. The lowest BCUT2D eigenvalue weighted by molar-refractivity contribution is 0.603. The van der Waals surface area contributed by atoms with Crippen LogP contribution >= 0.6 is 11.3 Å². The van der Waals surface area contributed by atoms with Crippen LogP contribution in [0.2, 0.25) is 0 Å². The van der Waals surface area contributed by atoms with Crippen LogP contribution < -0.4 is 0 Å². The van der Waals surface area contributed by atoms with Crippen LogP contribution in [0.1, 0.15) is 25.6 Å².